The minimum atomic E-state index is -3.47. The van der Waals surface area contributed by atoms with Crippen LogP contribution >= 0.6 is 11.6 Å². The topological polar surface area (TPSA) is 69.4 Å². The first-order valence-electron chi connectivity index (χ1n) is 9.13. The van der Waals surface area contributed by atoms with Crippen LogP contribution in [0.25, 0.3) is 0 Å². The Morgan fingerprint density at radius 2 is 1.68 bits per heavy atom. The van der Waals surface area contributed by atoms with Gasteiger partial charge in [0, 0.05) is 29.3 Å². The van der Waals surface area contributed by atoms with Crippen molar-refractivity contribution >= 4 is 27.3 Å². The Hall–Kier alpha value is -2.12. The monoisotopic (exact) mass is 419 g/mol. The minimum absolute atomic E-state index is 0.0955. The molecule has 1 unspecified atom stereocenters. The van der Waals surface area contributed by atoms with Crippen LogP contribution in [0.5, 0.6) is 11.5 Å². The molecule has 1 heterocycles. The van der Waals surface area contributed by atoms with Crippen LogP contribution in [0.4, 0.5) is 5.69 Å². The Balaban J connectivity index is 1.96. The molecule has 1 aliphatic heterocycles. The SMILES string of the molecule is CCCS(=O)(=O)[N+]1(c2ccc(Oc3ccc(Cl)cc3)cc2)C=C(CN)C=CC1. The Morgan fingerprint density at radius 3 is 2.25 bits per heavy atom. The molecule has 0 saturated heterocycles. The molecule has 3 rings (SSSR count). The van der Waals surface area contributed by atoms with Crippen LogP contribution in [0, 0.1) is 0 Å². The van der Waals surface area contributed by atoms with E-state index in [4.69, 9.17) is 22.1 Å². The Labute approximate surface area is 171 Å². The van der Waals surface area contributed by atoms with Gasteiger partial charge in [-0.25, -0.2) is 0 Å². The maximum Gasteiger partial charge on any atom is 0.306 e. The molecule has 0 aromatic heterocycles. The molecule has 148 valence electrons. The Bertz CT molecular complexity index is 983. The predicted molar refractivity (Wildman–Crippen MR) is 115 cm³/mol. The van der Waals surface area contributed by atoms with Gasteiger partial charge in [-0.15, -0.1) is 0 Å². The standard InChI is InChI=1S/C21H24ClN2O3S/c1-2-14-28(25,26)24(13-3-4-17(15-23)16-24)19-7-11-21(12-8-19)27-20-9-5-18(22)6-10-20/h3-12,16H,2,13-15,23H2,1H3/q+1. The van der Waals surface area contributed by atoms with Gasteiger partial charge >= 0.3 is 10.0 Å². The summed E-state index contributed by atoms with van der Waals surface area (Å²) in [6.07, 6.45) is 6.05. The molecular formula is C21H24ClN2O3S+. The molecule has 0 amide bonds. The van der Waals surface area contributed by atoms with Crippen molar-refractivity contribution in [2.75, 3.05) is 18.8 Å². The van der Waals surface area contributed by atoms with E-state index in [9.17, 15) is 8.42 Å². The number of hydrogen-bond donors (Lipinski definition) is 1. The van der Waals surface area contributed by atoms with Crippen LogP contribution in [0.3, 0.4) is 0 Å². The zero-order valence-electron chi connectivity index (χ0n) is 15.7. The van der Waals surface area contributed by atoms with E-state index >= 15 is 0 Å². The highest BCUT2D eigenvalue weighted by Crippen LogP contribution is 2.35. The van der Waals surface area contributed by atoms with Crippen molar-refractivity contribution in [1.82, 2.24) is 3.89 Å². The number of ether oxygens (including phenoxy) is 1. The zero-order valence-corrected chi connectivity index (χ0v) is 17.3. The third kappa shape index (κ3) is 4.15. The first-order chi connectivity index (χ1) is 13.4. The van der Waals surface area contributed by atoms with Crippen LogP contribution < -0.4 is 14.4 Å². The van der Waals surface area contributed by atoms with E-state index in [0.717, 1.165) is 5.57 Å². The molecule has 5 nitrogen and oxygen atoms in total. The van der Waals surface area contributed by atoms with Gasteiger partial charge < -0.3 is 10.5 Å². The number of quaternary nitrogens is 1. The third-order valence-electron chi connectivity index (χ3n) is 4.60. The number of sulfonamides is 1. The zero-order chi connectivity index (χ0) is 20.2. The van der Waals surface area contributed by atoms with Gasteiger partial charge in [-0.2, -0.15) is 12.3 Å². The molecule has 0 aliphatic carbocycles. The highest BCUT2D eigenvalue weighted by molar-refractivity contribution is 7.91. The molecule has 0 bridgehead atoms. The lowest BCUT2D eigenvalue weighted by molar-refractivity contribution is 0.480. The lowest BCUT2D eigenvalue weighted by atomic mass is 10.2. The van der Waals surface area contributed by atoms with E-state index < -0.39 is 10.0 Å². The molecule has 2 aromatic carbocycles. The van der Waals surface area contributed by atoms with Gasteiger partial charge in [-0.05, 0) is 48.9 Å². The van der Waals surface area contributed by atoms with E-state index in [1.807, 2.05) is 19.1 Å². The smallest absolute Gasteiger partial charge is 0.306 e. The molecule has 0 spiro atoms. The molecule has 0 saturated carbocycles. The number of nitrogens with two attached hydrogens (primary N) is 1. The summed E-state index contributed by atoms with van der Waals surface area (Å²) in [4.78, 5) is 0. The Kier molecular flexibility index (Phi) is 6.25. The molecule has 28 heavy (non-hydrogen) atoms. The van der Waals surface area contributed by atoms with E-state index in [0.29, 0.717) is 35.2 Å². The summed E-state index contributed by atoms with van der Waals surface area (Å²) in [5, 5.41) is 0.635. The summed E-state index contributed by atoms with van der Waals surface area (Å²) in [6.45, 7) is 2.49. The quantitative estimate of drug-likeness (QED) is 0.666. The molecule has 7 heteroatoms. The summed E-state index contributed by atoms with van der Waals surface area (Å²) < 4.78 is 31.9. The molecule has 2 N–H and O–H groups in total. The van der Waals surface area contributed by atoms with Crippen molar-refractivity contribution in [3.8, 4) is 11.5 Å². The van der Waals surface area contributed by atoms with Gasteiger partial charge in [-0.1, -0.05) is 24.6 Å². The molecule has 1 atom stereocenters. The lowest BCUT2D eigenvalue weighted by Crippen LogP contribution is -2.52. The summed E-state index contributed by atoms with van der Waals surface area (Å²) in [7, 11) is -3.47. The highest BCUT2D eigenvalue weighted by atomic mass is 35.5. The predicted octanol–water partition coefficient (Wildman–Crippen LogP) is 4.59. The van der Waals surface area contributed by atoms with Crippen molar-refractivity contribution in [2.24, 2.45) is 5.73 Å². The van der Waals surface area contributed by atoms with Gasteiger partial charge in [-0.3, -0.25) is 0 Å². The first kappa shape index (κ1) is 20.6. The normalized spacial score (nSPS) is 19.3. The average Bonchev–Trinajstić information content (AvgIpc) is 2.70. The summed E-state index contributed by atoms with van der Waals surface area (Å²) in [5.41, 5.74) is 7.24. The number of halogens is 1. The van der Waals surface area contributed by atoms with Gasteiger partial charge in [0.2, 0.25) is 0 Å². The van der Waals surface area contributed by atoms with E-state index in [-0.39, 0.29) is 16.2 Å². The minimum Gasteiger partial charge on any atom is -0.457 e. The highest BCUT2D eigenvalue weighted by Gasteiger charge is 2.42. The van der Waals surface area contributed by atoms with Crippen molar-refractivity contribution < 1.29 is 13.2 Å². The fourth-order valence-electron chi connectivity index (χ4n) is 3.21. The van der Waals surface area contributed by atoms with Gasteiger partial charge in [0.05, 0.1) is 0 Å². The fraction of sp³-hybridized carbons (Fsp3) is 0.238. The molecule has 0 radical (unpaired) electrons. The third-order valence-corrected chi connectivity index (χ3v) is 7.23. The van der Waals surface area contributed by atoms with Crippen LogP contribution in [0.15, 0.2) is 72.5 Å². The van der Waals surface area contributed by atoms with E-state index in [1.54, 1.807) is 54.7 Å². The summed E-state index contributed by atoms with van der Waals surface area (Å²) in [6, 6.07) is 14.2. The van der Waals surface area contributed by atoms with Gasteiger partial charge in [0.15, 0.2) is 5.69 Å². The summed E-state index contributed by atoms with van der Waals surface area (Å²) >= 11 is 5.89. The van der Waals surface area contributed by atoms with Crippen molar-refractivity contribution in [3.05, 3.63) is 77.5 Å². The molecule has 0 fully saturated rings. The number of nitrogens with zero attached hydrogens (tertiary/aromatic N) is 1. The molecule has 1 aliphatic rings. The van der Waals surface area contributed by atoms with Crippen molar-refractivity contribution in [3.63, 3.8) is 0 Å². The van der Waals surface area contributed by atoms with Crippen LogP contribution in [-0.2, 0) is 10.0 Å². The number of benzene rings is 2. The van der Waals surface area contributed by atoms with E-state index in [1.165, 1.54) is 0 Å². The van der Waals surface area contributed by atoms with Crippen LogP contribution in [0.1, 0.15) is 13.3 Å². The second-order valence-corrected chi connectivity index (χ2v) is 9.28. The van der Waals surface area contributed by atoms with Gasteiger partial charge in [0.1, 0.15) is 30.0 Å². The van der Waals surface area contributed by atoms with Crippen LogP contribution in [-0.4, -0.2) is 27.3 Å². The molecule has 2 aromatic rings. The maximum absolute atomic E-state index is 13.2. The number of rotatable bonds is 7. The number of hydrogen-bond acceptors (Lipinski definition) is 4. The van der Waals surface area contributed by atoms with Gasteiger partial charge in [0.25, 0.3) is 0 Å². The molecular weight excluding hydrogens is 396 g/mol. The largest absolute Gasteiger partial charge is 0.457 e. The summed E-state index contributed by atoms with van der Waals surface area (Å²) in [5.74, 6) is 1.37. The lowest BCUT2D eigenvalue weighted by Gasteiger charge is -2.34. The first-order valence-corrected chi connectivity index (χ1v) is 11.1. The van der Waals surface area contributed by atoms with E-state index in [2.05, 4.69) is 0 Å². The second kappa shape index (κ2) is 8.49. The Morgan fingerprint density at radius 1 is 1.07 bits per heavy atom. The average molecular weight is 420 g/mol. The van der Waals surface area contributed by atoms with Crippen molar-refractivity contribution in [2.45, 2.75) is 13.3 Å². The second-order valence-electron chi connectivity index (χ2n) is 6.62. The fourth-order valence-corrected chi connectivity index (χ4v) is 5.23. The van der Waals surface area contributed by atoms with Crippen molar-refractivity contribution in [1.29, 1.82) is 0 Å². The van der Waals surface area contributed by atoms with Crippen LogP contribution in [0.2, 0.25) is 5.02 Å². The maximum atomic E-state index is 13.2.